The van der Waals surface area contributed by atoms with Gasteiger partial charge in [0.25, 0.3) is 0 Å². The fourth-order valence-electron chi connectivity index (χ4n) is 2.69. The van der Waals surface area contributed by atoms with Crippen LogP contribution in [0.2, 0.25) is 0 Å². The van der Waals surface area contributed by atoms with Crippen molar-refractivity contribution in [3.63, 3.8) is 0 Å². The Hall–Kier alpha value is -0.120. The monoisotopic (exact) mass is 241 g/mol. The van der Waals surface area contributed by atoms with Gasteiger partial charge in [-0.1, -0.05) is 13.8 Å². The zero-order valence-electron chi connectivity index (χ0n) is 12.4. The van der Waals surface area contributed by atoms with Crippen molar-refractivity contribution < 1.29 is 0 Å². The van der Waals surface area contributed by atoms with E-state index >= 15 is 0 Å². The first-order valence-electron chi connectivity index (χ1n) is 7.17. The first-order valence-corrected chi connectivity index (χ1v) is 7.17. The molecule has 0 aromatic heterocycles. The van der Waals surface area contributed by atoms with Crippen molar-refractivity contribution in [1.82, 2.24) is 15.1 Å². The van der Waals surface area contributed by atoms with Crippen molar-refractivity contribution in [2.45, 2.75) is 45.7 Å². The summed E-state index contributed by atoms with van der Waals surface area (Å²) in [5.74, 6) is 0.714. The summed E-state index contributed by atoms with van der Waals surface area (Å²) in [4.78, 5) is 5.05. The molecule has 0 bridgehead atoms. The van der Waals surface area contributed by atoms with Gasteiger partial charge in [0, 0.05) is 18.6 Å². The van der Waals surface area contributed by atoms with Crippen LogP contribution in [-0.2, 0) is 0 Å². The number of nitrogens with zero attached hydrogens (tertiary/aromatic N) is 2. The van der Waals surface area contributed by atoms with E-state index in [1.165, 1.54) is 25.9 Å². The van der Waals surface area contributed by atoms with Crippen LogP contribution in [0.25, 0.3) is 0 Å². The van der Waals surface area contributed by atoms with Crippen LogP contribution < -0.4 is 5.32 Å². The topological polar surface area (TPSA) is 18.5 Å². The Morgan fingerprint density at radius 2 is 2.12 bits per heavy atom. The molecule has 0 aliphatic carbocycles. The molecule has 1 saturated heterocycles. The Morgan fingerprint density at radius 3 is 2.65 bits per heavy atom. The van der Waals surface area contributed by atoms with E-state index in [4.69, 9.17) is 0 Å². The maximum Gasteiger partial charge on any atom is 0.0220 e. The highest BCUT2D eigenvalue weighted by molar-refractivity contribution is 4.81. The highest BCUT2D eigenvalue weighted by Crippen LogP contribution is 2.17. The molecular formula is C14H31N3. The first kappa shape index (κ1) is 14.9. The molecule has 0 aromatic rings. The van der Waals surface area contributed by atoms with E-state index in [1.807, 2.05) is 0 Å². The Bertz CT molecular complexity index is 208. The second-order valence-electron chi connectivity index (χ2n) is 5.74. The molecule has 1 heterocycles. The van der Waals surface area contributed by atoms with Crippen LogP contribution in [0.15, 0.2) is 0 Å². The standard InChI is InChI=1S/C14H31N3/c1-6-15-10-12(2)13(3)17(5)11-14-8-7-9-16(14)4/h12-15H,6-11H2,1-5H3. The van der Waals surface area contributed by atoms with E-state index in [1.54, 1.807) is 0 Å². The molecule has 102 valence electrons. The third-order valence-corrected chi connectivity index (χ3v) is 4.41. The summed E-state index contributed by atoms with van der Waals surface area (Å²) in [5.41, 5.74) is 0. The predicted molar refractivity (Wildman–Crippen MR) is 75.5 cm³/mol. The van der Waals surface area contributed by atoms with Crippen LogP contribution in [0.1, 0.15) is 33.6 Å². The Labute approximate surface area is 108 Å². The lowest BCUT2D eigenvalue weighted by atomic mass is 10.0. The molecule has 1 N–H and O–H groups in total. The fraction of sp³-hybridized carbons (Fsp3) is 1.00. The van der Waals surface area contributed by atoms with Gasteiger partial charge in [-0.15, -0.1) is 0 Å². The van der Waals surface area contributed by atoms with Crippen molar-refractivity contribution >= 4 is 0 Å². The second kappa shape index (κ2) is 7.34. The molecule has 1 fully saturated rings. The van der Waals surface area contributed by atoms with Gasteiger partial charge in [-0.3, -0.25) is 0 Å². The fourth-order valence-corrected chi connectivity index (χ4v) is 2.69. The molecule has 1 aliphatic heterocycles. The zero-order valence-corrected chi connectivity index (χ0v) is 12.4. The van der Waals surface area contributed by atoms with E-state index < -0.39 is 0 Å². The van der Waals surface area contributed by atoms with Crippen LogP contribution in [0.5, 0.6) is 0 Å². The van der Waals surface area contributed by atoms with Gasteiger partial charge in [-0.2, -0.15) is 0 Å². The van der Waals surface area contributed by atoms with E-state index in [0.29, 0.717) is 12.0 Å². The van der Waals surface area contributed by atoms with E-state index in [9.17, 15) is 0 Å². The Kier molecular flexibility index (Phi) is 6.45. The lowest BCUT2D eigenvalue weighted by Gasteiger charge is -2.33. The molecule has 17 heavy (non-hydrogen) atoms. The van der Waals surface area contributed by atoms with Crippen LogP contribution in [0, 0.1) is 5.92 Å². The van der Waals surface area contributed by atoms with Gasteiger partial charge < -0.3 is 15.1 Å². The summed E-state index contributed by atoms with van der Waals surface area (Å²) in [6.07, 6.45) is 2.74. The van der Waals surface area contributed by atoms with Gasteiger partial charge in [0.15, 0.2) is 0 Å². The molecule has 0 radical (unpaired) electrons. The normalized spacial score (nSPS) is 25.4. The molecule has 1 aliphatic rings. The smallest absolute Gasteiger partial charge is 0.0220 e. The largest absolute Gasteiger partial charge is 0.317 e. The number of hydrogen-bond donors (Lipinski definition) is 1. The third-order valence-electron chi connectivity index (χ3n) is 4.41. The van der Waals surface area contributed by atoms with Crippen molar-refractivity contribution in [1.29, 1.82) is 0 Å². The van der Waals surface area contributed by atoms with E-state index in [2.05, 4.69) is 50.0 Å². The van der Waals surface area contributed by atoms with Crippen molar-refractivity contribution in [3.8, 4) is 0 Å². The lowest BCUT2D eigenvalue weighted by Crippen LogP contribution is -2.44. The Morgan fingerprint density at radius 1 is 1.41 bits per heavy atom. The molecule has 3 nitrogen and oxygen atoms in total. The lowest BCUT2D eigenvalue weighted by molar-refractivity contribution is 0.151. The SMILES string of the molecule is CCNCC(C)C(C)N(C)CC1CCCN1C. The number of likely N-dealkylation sites (tertiary alicyclic amines) is 1. The minimum absolute atomic E-state index is 0.656. The second-order valence-corrected chi connectivity index (χ2v) is 5.74. The summed E-state index contributed by atoms with van der Waals surface area (Å²) in [7, 11) is 4.54. The maximum absolute atomic E-state index is 3.45. The van der Waals surface area contributed by atoms with Crippen LogP contribution in [0.4, 0.5) is 0 Å². The van der Waals surface area contributed by atoms with Crippen LogP contribution in [0.3, 0.4) is 0 Å². The summed E-state index contributed by atoms with van der Waals surface area (Å²) >= 11 is 0. The highest BCUT2D eigenvalue weighted by atomic mass is 15.2. The van der Waals surface area contributed by atoms with E-state index in [0.717, 1.165) is 19.1 Å². The van der Waals surface area contributed by atoms with Crippen molar-refractivity contribution in [2.24, 2.45) is 5.92 Å². The minimum Gasteiger partial charge on any atom is -0.317 e. The molecule has 0 amide bonds. The number of rotatable bonds is 7. The van der Waals surface area contributed by atoms with E-state index in [-0.39, 0.29) is 0 Å². The molecule has 3 unspecified atom stereocenters. The molecule has 0 saturated carbocycles. The quantitative estimate of drug-likeness (QED) is 0.731. The van der Waals surface area contributed by atoms with Crippen molar-refractivity contribution in [2.75, 3.05) is 40.3 Å². The molecule has 3 heteroatoms. The number of hydrogen-bond acceptors (Lipinski definition) is 3. The Balaban J connectivity index is 2.32. The number of likely N-dealkylation sites (N-methyl/N-ethyl adjacent to an activating group) is 2. The van der Waals surface area contributed by atoms with Crippen LogP contribution in [-0.4, -0.2) is 62.2 Å². The van der Waals surface area contributed by atoms with Crippen molar-refractivity contribution in [3.05, 3.63) is 0 Å². The average molecular weight is 241 g/mol. The predicted octanol–water partition coefficient (Wildman–Crippen LogP) is 1.65. The molecule has 0 aromatic carbocycles. The molecule has 1 rings (SSSR count). The summed E-state index contributed by atoms with van der Waals surface area (Å²) in [5, 5.41) is 3.45. The average Bonchev–Trinajstić information content (AvgIpc) is 2.70. The van der Waals surface area contributed by atoms with Gasteiger partial charge in [-0.25, -0.2) is 0 Å². The minimum atomic E-state index is 0.656. The maximum atomic E-state index is 3.45. The number of nitrogens with one attached hydrogen (secondary N) is 1. The third kappa shape index (κ3) is 4.57. The molecular weight excluding hydrogens is 210 g/mol. The summed E-state index contributed by atoms with van der Waals surface area (Å²) in [6.45, 7) is 11.6. The zero-order chi connectivity index (χ0) is 12.8. The summed E-state index contributed by atoms with van der Waals surface area (Å²) in [6, 6.07) is 1.43. The van der Waals surface area contributed by atoms with Gasteiger partial charge in [0.2, 0.25) is 0 Å². The van der Waals surface area contributed by atoms with Gasteiger partial charge in [-0.05, 0) is 59.4 Å². The van der Waals surface area contributed by atoms with Gasteiger partial charge >= 0.3 is 0 Å². The molecule has 3 atom stereocenters. The highest BCUT2D eigenvalue weighted by Gasteiger charge is 2.25. The van der Waals surface area contributed by atoms with Gasteiger partial charge in [0.05, 0.1) is 0 Å². The summed E-state index contributed by atoms with van der Waals surface area (Å²) < 4.78 is 0. The first-order chi connectivity index (χ1) is 8.06. The van der Waals surface area contributed by atoms with Gasteiger partial charge in [0.1, 0.15) is 0 Å². The molecule has 0 spiro atoms. The van der Waals surface area contributed by atoms with Crippen LogP contribution >= 0.6 is 0 Å².